The number of H-pyrrole nitrogens is 1. The van der Waals surface area contributed by atoms with Crippen LogP contribution in [0.15, 0.2) is 35.5 Å². The number of pyridine rings is 1. The third-order valence-corrected chi connectivity index (χ3v) is 3.52. The molecule has 0 saturated carbocycles. The molecule has 24 heavy (non-hydrogen) atoms. The number of benzene rings is 1. The van der Waals surface area contributed by atoms with Crippen LogP contribution in [0.2, 0.25) is 10.0 Å². The number of aromatic hydroxyl groups is 1. The summed E-state index contributed by atoms with van der Waals surface area (Å²) in [6.45, 7) is 0.649. The highest BCUT2D eigenvalue weighted by Gasteiger charge is 2.32. The first-order chi connectivity index (χ1) is 11.3. The van der Waals surface area contributed by atoms with Crippen LogP contribution in [-0.4, -0.2) is 24.4 Å². The van der Waals surface area contributed by atoms with Crippen molar-refractivity contribution in [1.82, 2.24) is 0 Å². The molecule has 4 nitrogen and oxygen atoms in total. The molecule has 0 fully saturated rings. The Morgan fingerprint density at radius 3 is 2.67 bits per heavy atom. The third kappa shape index (κ3) is 5.01. The SMILES string of the molecule is Oc1ccc(Cl)cc1C=NCCNc1[nH+]cc(C(F)(F)F)cc1Cl. The molecular weight excluding hydrogens is 366 g/mol. The van der Waals surface area contributed by atoms with E-state index in [-0.39, 0.29) is 16.6 Å². The summed E-state index contributed by atoms with van der Waals surface area (Å²) in [4.78, 5) is 6.57. The second kappa shape index (κ2) is 7.72. The largest absolute Gasteiger partial charge is 0.507 e. The first-order valence-corrected chi connectivity index (χ1v) is 7.53. The lowest BCUT2D eigenvalue weighted by Gasteiger charge is -2.06. The van der Waals surface area contributed by atoms with E-state index < -0.39 is 11.7 Å². The molecule has 0 saturated heterocycles. The van der Waals surface area contributed by atoms with Crippen molar-refractivity contribution in [3.05, 3.63) is 51.6 Å². The topological polar surface area (TPSA) is 58.8 Å². The van der Waals surface area contributed by atoms with Gasteiger partial charge in [-0.15, -0.1) is 0 Å². The maximum absolute atomic E-state index is 12.5. The van der Waals surface area contributed by atoms with Crippen molar-refractivity contribution < 1.29 is 23.3 Å². The Balaban J connectivity index is 1.90. The van der Waals surface area contributed by atoms with Crippen molar-refractivity contribution in [3.8, 4) is 5.75 Å². The number of phenols is 1. The summed E-state index contributed by atoms with van der Waals surface area (Å²) in [5, 5.41) is 12.9. The van der Waals surface area contributed by atoms with Crippen LogP contribution in [0.25, 0.3) is 0 Å². The molecule has 1 heterocycles. The summed E-state index contributed by atoms with van der Waals surface area (Å²) in [7, 11) is 0. The number of halogens is 5. The second-order valence-corrected chi connectivity index (χ2v) is 5.62. The second-order valence-electron chi connectivity index (χ2n) is 4.77. The summed E-state index contributed by atoms with van der Waals surface area (Å²) < 4.78 is 37.6. The van der Waals surface area contributed by atoms with Gasteiger partial charge in [0.1, 0.15) is 23.5 Å². The van der Waals surface area contributed by atoms with E-state index in [9.17, 15) is 18.3 Å². The van der Waals surface area contributed by atoms with Crippen LogP contribution in [-0.2, 0) is 6.18 Å². The fourth-order valence-electron chi connectivity index (χ4n) is 1.81. The van der Waals surface area contributed by atoms with Crippen LogP contribution in [0.1, 0.15) is 11.1 Å². The van der Waals surface area contributed by atoms with E-state index >= 15 is 0 Å². The van der Waals surface area contributed by atoms with Crippen LogP contribution in [0.4, 0.5) is 19.0 Å². The lowest BCUT2D eigenvalue weighted by Crippen LogP contribution is -2.19. The highest BCUT2D eigenvalue weighted by Crippen LogP contribution is 2.31. The van der Waals surface area contributed by atoms with E-state index in [1.54, 1.807) is 12.1 Å². The first kappa shape index (κ1) is 18.4. The van der Waals surface area contributed by atoms with Gasteiger partial charge < -0.3 is 5.11 Å². The van der Waals surface area contributed by atoms with Crippen molar-refractivity contribution in [2.45, 2.75) is 6.18 Å². The number of aromatic nitrogens is 1. The molecule has 9 heteroatoms. The summed E-state index contributed by atoms with van der Waals surface area (Å²) in [5.41, 5.74) is -0.380. The van der Waals surface area contributed by atoms with Gasteiger partial charge in [-0.05, 0) is 24.3 Å². The van der Waals surface area contributed by atoms with E-state index in [0.29, 0.717) is 23.7 Å². The summed E-state index contributed by atoms with van der Waals surface area (Å²) >= 11 is 11.6. The number of nitrogens with one attached hydrogen (secondary N) is 2. The molecule has 0 spiro atoms. The van der Waals surface area contributed by atoms with Crippen molar-refractivity contribution in [3.63, 3.8) is 0 Å². The van der Waals surface area contributed by atoms with E-state index in [1.165, 1.54) is 12.3 Å². The average Bonchev–Trinajstić information content (AvgIpc) is 2.50. The lowest BCUT2D eigenvalue weighted by atomic mass is 10.2. The van der Waals surface area contributed by atoms with Gasteiger partial charge >= 0.3 is 6.18 Å². The Kier molecular flexibility index (Phi) is 5.90. The summed E-state index contributed by atoms with van der Waals surface area (Å²) in [5.74, 6) is 0.320. The predicted octanol–water partition coefficient (Wildman–Crippen LogP) is 4.06. The van der Waals surface area contributed by atoms with Gasteiger partial charge in [-0.2, -0.15) is 13.2 Å². The molecular formula is C15H13Cl2F3N3O+. The molecule has 0 aliphatic carbocycles. The molecule has 0 bridgehead atoms. The first-order valence-electron chi connectivity index (χ1n) is 6.78. The standard InChI is InChI=1S/C15H12Cl2F3N3O/c16-11-1-2-13(24)9(5-11)7-21-3-4-22-14-12(17)6-10(8-23-14)15(18,19)20/h1-2,5-8,24H,3-4H2,(H,22,23)/p+1. The monoisotopic (exact) mass is 378 g/mol. The van der Waals surface area contributed by atoms with Gasteiger partial charge in [0.2, 0.25) is 0 Å². The van der Waals surface area contributed by atoms with Gasteiger partial charge in [-0.1, -0.05) is 23.2 Å². The van der Waals surface area contributed by atoms with E-state index in [0.717, 1.165) is 12.3 Å². The number of alkyl halides is 3. The number of hydrogen-bond acceptors (Lipinski definition) is 3. The molecule has 0 aliphatic heterocycles. The Labute approximate surface area is 146 Å². The van der Waals surface area contributed by atoms with Gasteiger partial charge in [-0.25, -0.2) is 4.98 Å². The maximum Gasteiger partial charge on any atom is 0.419 e. The van der Waals surface area contributed by atoms with Crippen LogP contribution in [0, 0.1) is 0 Å². The fraction of sp³-hybridized carbons (Fsp3) is 0.200. The number of aromatic amines is 1. The number of aliphatic imine (C=N–C) groups is 1. The molecule has 0 unspecified atom stereocenters. The van der Waals surface area contributed by atoms with E-state index in [1.807, 2.05) is 0 Å². The minimum Gasteiger partial charge on any atom is -0.507 e. The van der Waals surface area contributed by atoms with Crippen LogP contribution in [0.5, 0.6) is 5.75 Å². The molecule has 3 N–H and O–H groups in total. The molecule has 128 valence electrons. The number of rotatable bonds is 5. The normalized spacial score (nSPS) is 11.9. The van der Waals surface area contributed by atoms with Crippen molar-refractivity contribution in [2.75, 3.05) is 18.4 Å². The molecule has 1 aromatic heterocycles. The fourth-order valence-corrected chi connectivity index (χ4v) is 2.22. The van der Waals surface area contributed by atoms with Gasteiger partial charge in [-0.3, -0.25) is 10.3 Å². The van der Waals surface area contributed by atoms with Crippen molar-refractivity contribution in [1.29, 1.82) is 0 Å². The third-order valence-electron chi connectivity index (χ3n) is 2.98. The van der Waals surface area contributed by atoms with Crippen LogP contribution in [0.3, 0.4) is 0 Å². The smallest absolute Gasteiger partial charge is 0.419 e. The summed E-state index contributed by atoms with van der Waals surface area (Å²) in [6, 6.07) is 5.42. The molecule has 0 amide bonds. The van der Waals surface area contributed by atoms with Gasteiger partial charge in [0.05, 0.1) is 12.1 Å². The van der Waals surface area contributed by atoms with Crippen LogP contribution >= 0.6 is 23.2 Å². The average molecular weight is 379 g/mol. The molecule has 1 aromatic carbocycles. The lowest BCUT2D eigenvalue weighted by molar-refractivity contribution is -0.364. The molecule has 0 atom stereocenters. The predicted molar refractivity (Wildman–Crippen MR) is 87.1 cm³/mol. The number of hydrogen-bond donors (Lipinski definition) is 2. The zero-order chi connectivity index (χ0) is 17.7. The van der Waals surface area contributed by atoms with Crippen molar-refractivity contribution >= 4 is 35.2 Å². The zero-order valence-corrected chi connectivity index (χ0v) is 13.7. The van der Waals surface area contributed by atoms with Gasteiger partial charge in [0, 0.05) is 16.8 Å². The number of nitrogens with zero attached hydrogens (tertiary/aromatic N) is 1. The van der Waals surface area contributed by atoms with E-state index in [2.05, 4.69) is 15.3 Å². The highest BCUT2D eigenvalue weighted by atomic mass is 35.5. The zero-order valence-electron chi connectivity index (χ0n) is 12.2. The highest BCUT2D eigenvalue weighted by molar-refractivity contribution is 6.32. The Morgan fingerprint density at radius 2 is 2.00 bits per heavy atom. The Morgan fingerprint density at radius 1 is 1.25 bits per heavy atom. The number of phenolic OH excluding ortho intramolecular Hbond substituents is 1. The van der Waals surface area contributed by atoms with E-state index in [4.69, 9.17) is 23.2 Å². The summed E-state index contributed by atoms with van der Waals surface area (Å²) in [6.07, 6.45) is -2.16. The quantitative estimate of drug-likeness (QED) is 0.608. The number of anilines is 1. The molecule has 2 aromatic rings. The maximum atomic E-state index is 12.5. The molecule has 0 radical (unpaired) electrons. The van der Waals surface area contributed by atoms with Gasteiger partial charge in [0.15, 0.2) is 0 Å². The minimum atomic E-state index is -4.46. The van der Waals surface area contributed by atoms with Crippen LogP contribution < -0.4 is 10.3 Å². The molecule has 2 rings (SSSR count). The van der Waals surface area contributed by atoms with Crippen molar-refractivity contribution in [2.24, 2.45) is 4.99 Å². The molecule has 0 aliphatic rings. The Bertz CT molecular complexity index is 751. The van der Waals surface area contributed by atoms with Gasteiger partial charge in [0.25, 0.3) is 5.82 Å². The minimum absolute atomic E-state index is 0.0511. The Hall–Kier alpha value is -1.99.